The molecule has 2 heterocycles. The van der Waals surface area contributed by atoms with E-state index in [1.54, 1.807) is 0 Å². The zero-order chi connectivity index (χ0) is 25.8. The summed E-state index contributed by atoms with van der Waals surface area (Å²) in [6.07, 6.45) is 2.89. The summed E-state index contributed by atoms with van der Waals surface area (Å²) < 4.78 is 0. The van der Waals surface area contributed by atoms with Crippen LogP contribution in [-0.4, -0.2) is 16.6 Å². The zero-order valence-electron chi connectivity index (χ0n) is 20.3. The molecule has 4 aromatic rings. The number of aromatic nitrogens is 1. The van der Waals surface area contributed by atoms with Crippen molar-refractivity contribution in [3.8, 4) is 34.5 Å². The number of hydrogen-bond donors (Lipinski definition) is 1. The average molecular weight is 521 g/mol. The fourth-order valence-electron chi connectivity index (χ4n) is 4.59. The van der Waals surface area contributed by atoms with Gasteiger partial charge in [-0.15, -0.1) is 11.3 Å². The minimum absolute atomic E-state index is 0.0813. The Kier molecular flexibility index (Phi) is 7.37. The summed E-state index contributed by atoms with van der Waals surface area (Å²) in [6.45, 7) is 2.22. The first kappa shape index (κ1) is 24.8. The molecule has 0 bridgehead atoms. The summed E-state index contributed by atoms with van der Waals surface area (Å²) in [6, 6.07) is 26.1. The fraction of sp³-hybridized carbons (Fsp3) is 0.200. The maximum Gasteiger partial charge on any atom is 0.235 e. The van der Waals surface area contributed by atoms with Crippen LogP contribution in [0.25, 0.3) is 22.4 Å². The number of nitrogens with one attached hydrogen (secondary N) is 1. The van der Waals surface area contributed by atoms with Crippen LogP contribution in [0.2, 0.25) is 0 Å². The third-order valence-corrected chi connectivity index (χ3v) is 8.61. The van der Waals surface area contributed by atoms with Crippen LogP contribution in [0.5, 0.6) is 0 Å². The zero-order valence-corrected chi connectivity index (χ0v) is 22.0. The van der Waals surface area contributed by atoms with E-state index in [0.29, 0.717) is 27.1 Å². The lowest BCUT2D eigenvalue weighted by atomic mass is 9.89. The molecule has 0 saturated heterocycles. The van der Waals surface area contributed by atoms with E-state index in [9.17, 15) is 15.3 Å². The molecule has 5 rings (SSSR count). The third kappa shape index (κ3) is 5.29. The lowest BCUT2D eigenvalue weighted by Crippen LogP contribution is -2.14. The fourth-order valence-corrected chi connectivity index (χ4v) is 6.77. The Morgan fingerprint density at radius 3 is 2.41 bits per heavy atom. The number of nitriles is 2. The molecule has 0 aliphatic heterocycles. The van der Waals surface area contributed by atoms with Crippen molar-refractivity contribution in [3.63, 3.8) is 0 Å². The number of hydrogen-bond acceptors (Lipinski definition) is 6. The van der Waals surface area contributed by atoms with Gasteiger partial charge < -0.3 is 5.32 Å². The van der Waals surface area contributed by atoms with Crippen LogP contribution in [0.3, 0.4) is 0 Å². The van der Waals surface area contributed by atoms with Gasteiger partial charge in [-0.1, -0.05) is 79.3 Å². The molecule has 0 unspecified atom stereocenters. The van der Waals surface area contributed by atoms with Gasteiger partial charge in [0.1, 0.15) is 22.2 Å². The number of fused-ring (bicyclic) bond motifs is 1. The number of carbonyl (C=O) groups excluding carboxylic acids is 1. The molecule has 182 valence electrons. The summed E-state index contributed by atoms with van der Waals surface area (Å²) >= 11 is 2.76. The molecule has 0 spiro atoms. The molecule has 0 fully saturated rings. The predicted octanol–water partition coefficient (Wildman–Crippen LogP) is 7.08. The Morgan fingerprint density at radius 2 is 1.73 bits per heavy atom. The van der Waals surface area contributed by atoms with Crippen molar-refractivity contribution in [1.29, 1.82) is 10.5 Å². The van der Waals surface area contributed by atoms with Gasteiger partial charge in [0.05, 0.1) is 22.6 Å². The van der Waals surface area contributed by atoms with Crippen molar-refractivity contribution in [2.75, 3.05) is 11.1 Å². The Balaban J connectivity index is 1.43. The number of amides is 1. The van der Waals surface area contributed by atoms with Gasteiger partial charge in [-0.25, -0.2) is 4.98 Å². The van der Waals surface area contributed by atoms with E-state index < -0.39 is 0 Å². The normalized spacial score (nSPS) is 14.3. The van der Waals surface area contributed by atoms with E-state index in [0.717, 1.165) is 47.2 Å². The van der Waals surface area contributed by atoms with Crippen molar-refractivity contribution >= 4 is 34.0 Å². The van der Waals surface area contributed by atoms with Crippen LogP contribution in [0.1, 0.15) is 34.9 Å². The number of thioether (sulfide) groups is 1. The molecule has 2 aromatic heterocycles. The highest BCUT2D eigenvalue weighted by Crippen LogP contribution is 2.39. The van der Waals surface area contributed by atoms with Gasteiger partial charge in [0.2, 0.25) is 5.91 Å². The van der Waals surface area contributed by atoms with Gasteiger partial charge >= 0.3 is 0 Å². The average Bonchev–Trinajstić information content (AvgIpc) is 3.27. The highest BCUT2D eigenvalue weighted by Gasteiger charge is 2.25. The largest absolute Gasteiger partial charge is 0.316 e. The van der Waals surface area contributed by atoms with Gasteiger partial charge in [-0.2, -0.15) is 10.5 Å². The number of benzene rings is 2. The topological polar surface area (TPSA) is 89.6 Å². The van der Waals surface area contributed by atoms with E-state index in [4.69, 9.17) is 4.98 Å². The van der Waals surface area contributed by atoms with Gasteiger partial charge in [-0.3, -0.25) is 4.79 Å². The molecule has 1 atom stereocenters. The minimum Gasteiger partial charge on any atom is -0.316 e. The van der Waals surface area contributed by atoms with Gasteiger partial charge in [-0.05, 0) is 42.4 Å². The predicted molar refractivity (Wildman–Crippen MR) is 149 cm³/mol. The van der Waals surface area contributed by atoms with Crippen LogP contribution in [0.4, 0.5) is 5.00 Å². The second-order valence-corrected chi connectivity index (χ2v) is 11.2. The molecule has 1 aliphatic rings. The quantitative estimate of drug-likeness (QED) is 0.275. The summed E-state index contributed by atoms with van der Waals surface area (Å²) in [5, 5.41) is 23.9. The molecule has 1 amide bonds. The SMILES string of the molecule is C[C@H]1CCc2c(sc(NC(=O)CSc3nc(-c4ccccc4)cc(-c4ccccc4)c3C#N)c2C#N)C1. The molecule has 5 nitrogen and oxygen atoms in total. The number of thiophene rings is 1. The Bertz CT molecular complexity index is 1530. The standard InChI is InChI=1S/C30H24N4OS2/c1-19-12-13-22-24(16-31)30(37-27(22)14-19)34-28(35)18-36-29-25(17-32)23(20-8-4-2-5-9-20)15-26(33-29)21-10-6-3-7-11-21/h2-11,15,19H,12-14,18H2,1H3,(H,34,35)/t19-/m0/s1. The first-order chi connectivity index (χ1) is 18.1. The van der Waals surface area contributed by atoms with Crippen molar-refractivity contribution in [3.05, 3.63) is 88.3 Å². The number of carbonyl (C=O) groups is 1. The minimum atomic E-state index is -0.217. The second kappa shape index (κ2) is 11.0. The maximum atomic E-state index is 13.0. The molecular weight excluding hydrogens is 496 g/mol. The van der Waals surface area contributed by atoms with Crippen LogP contribution in [0.15, 0.2) is 71.8 Å². The highest BCUT2D eigenvalue weighted by molar-refractivity contribution is 8.00. The summed E-state index contributed by atoms with van der Waals surface area (Å²) in [7, 11) is 0. The Hall–Kier alpha value is -3.91. The van der Waals surface area contributed by atoms with Gasteiger partial charge in [0.15, 0.2) is 0 Å². The van der Waals surface area contributed by atoms with Crippen molar-refractivity contribution in [2.24, 2.45) is 5.92 Å². The first-order valence-corrected chi connectivity index (χ1v) is 13.9. The lowest BCUT2D eigenvalue weighted by Gasteiger charge is -2.17. The summed E-state index contributed by atoms with van der Waals surface area (Å²) in [5.74, 6) is 0.450. The lowest BCUT2D eigenvalue weighted by molar-refractivity contribution is -0.113. The second-order valence-electron chi connectivity index (χ2n) is 9.08. The number of pyridine rings is 1. The third-order valence-electron chi connectivity index (χ3n) is 6.47. The molecular formula is C30H24N4OS2. The van der Waals surface area contributed by atoms with E-state index in [1.807, 2.05) is 66.7 Å². The smallest absolute Gasteiger partial charge is 0.235 e. The molecule has 0 radical (unpaired) electrons. The van der Waals surface area contributed by atoms with Crippen molar-refractivity contribution < 1.29 is 4.79 Å². The first-order valence-electron chi connectivity index (χ1n) is 12.1. The number of rotatable bonds is 6. The van der Waals surface area contributed by atoms with E-state index >= 15 is 0 Å². The van der Waals surface area contributed by atoms with Crippen molar-refractivity contribution in [1.82, 2.24) is 4.98 Å². The molecule has 37 heavy (non-hydrogen) atoms. The maximum absolute atomic E-state index is 13.0. The molecule has 1 N–H and O–H groups in total. The summed E-state index contributed by atoms with van der Waals surface area (Å²) in [5.41, 5.74) is 5.51. The highest BCUT2D eigenvalue weighted by atomic mass is 32.2. The van der Waals surface area contributed by atoms with E-state index in [-0.39, 0.29) is 11.7 Å². The molecule has 7 heteroatoms. The van der Waals surface area contributed by atoms with E-state index in [2.05, 4.69) is 24.4 Å². The van der Waals surface area contributed by atoms with Crippen molar-refractivity contribution in [2.45, 2.75) is 31.2 Å². The van der Waals surface area contributed by atoms with Crippen LogP contribution in [-0.2, 0) is 17.6 Å². The van der Waals surface area contributed by atoms with E-state index in [1.165, 1.54) is 28.0 Å². The molecule has 2 aromatic carbocycles. The Morgan fingerprint density at radius 1 is 1.05 bits per heavy atom. The van der Waals surface area contributed by atoms with Crippen LogP contribution in [0, 0.1) is 28.6 Å². The van der Waals surface area contributed by atoms with Gasteiger partial charge in [0, 0.05) is 16.0 Å². The molecule has 1 aliphatic carbocycles. The monoisotopic (exact) mass is 520 g/mol. The summed E-state index contributed by atoms with van der Waals surface area (Å²) in [4.78, 5) is 19.0. The van der Waals surface area contributed by atoms with Crippen LogP contribution >= 0.6 is 23.1 Å². The molecule has 0 saturated carbocycles. The van der Waals surface area contributed by atoms with Gasteiger partial charge in [0.25, 0.3) is 0 Å². The Labute approximate surface area is 224 Å². The number of nitrogens with zero attached hydrogens (tertiary/aromatic N) is 3. The van der Waals surface area contributed by atoms with Crippen LogP contribution < -0.4 is 5.32 Å². The number of anilines is 1.